The van der Waals surface area contributed by atoms with Gasteiger partial charge in [0.05, 0.1) is 11.4 Å². The number of benzene rings is 2. The van der Waals surface area contributed by atoms with E-state index in [2.05, 4.69) is 43.0 Å². The van der Waals surface area contributed by atoms with Crippen LogP contribution in [0.1, 0.15) is 23.7 Å². The third kappa shape index (κ3) is 4.22. The summed E-state index contributed by atoms with van der Waals surface area (Å²) >= 11 is 0. The van der Waals surface area contributed by atoms with Gasteiger partial charge in [0.2, 0.25) is 5.91 Å². The van der Waals surface area contributed by atoms with Gasteiger partial charge < -0.3 is 9.80 Å². The van der Waals surface area contributed by atoms with Crippen molar-refractivity contribution in [3.63, 3.8) is 0 Å². The summed E-state index contributed by atoms with van der Waals surface area (Å²) in [5.41, 5.74) is 5.45. The molecule has 35 heavy (non-hydrogen) atoms. The minimum absolute atomic E-state index is 0.00918. The fourth-order valence-electron chi connectivity index (χ4n) is 5.18. The van der Waals surface area contributed by atoms with Crippen molar-refractivity contribution in [3.8, 4) is 5.69 Å². The fraction of sp³-hybridized carbons (Fsp3) is 0.321. The number of para-hydroxylation sites is 1. The van der Waals surface area contributed by atoms with Crippen LogP contribution in [0.25, 0.3) is 16.7 Å². The summed E-state index contributed by atoms with van der Waals surface area (Å²) < 4.78 is 3.36. The number of aryl methyl sites for hydroxylation is 3. The minimum atomic E-state index is -0.188. The first-order valence-electron chi connectivity index (χ1n) is 12.1. The summed E-state index contributed by atoms with van der Waals surface area (Å²) in [5.74, 6) is -0.0496. The molecule has 1 saturated heterocycles. The Labute approximate surface area is 205 Å². The molecule has 1 fully saturated rings. The first kappa shape index (κ1) is 22.9. The second-order valence-electron chi connectivity index (χ2n) is 9.50. The lowest BCUT2D eigenvalue weighted by Crippen LogP contribution is -2.54. The minimum Gasteiger partial charge on any atom is -0.365 e. The van der Waals surface area contributed by atoms with Crippen LogP contribution in [0, 0.1) is 20.8 Å². The van der Waals surface area contributed by atoms with E-state index < -0.39 is 0 Å². The van der Waals surface area contributed by atoms with Crippen LogP contribution in [0.3, 0.4) is 0 Å². The average Bonchev–Trinajstić information content (AvgIpc) is 3.19. The van der Waals surface area contributed by atoms with Crippen molar-refractivity contribution in [3.05, 3.63) is 87.8 Å². The van der Waals surface area contributed by atoms with E-state index in [9.17, 15) is 9.59 Å². The van der Waals surface area contributed by atoms with Crippen LogP contribution in [-0.2, 0) is 11.3 Å². The summed E-state index contributed by atoms with van der Waals surface area (Å²) in [4.78, 5) is 30.8. The molecule has 3 heterocycles. The standard InChI is InChI=1S/C28H31N5O2/c1-19-9-8-12-24(15-19)31-14-13-30(17-21(31)3)26(35)18-32-25(34)16-20(2)27-22(4)29-33(28(27)32)23-10-6-5-7-11-23/h5-12,15-16,21H,13-14,17-18H2,1-4H3. The molecule has 0 spiro atoms. The molecule has 1 aliphatic heterocycles. The van der Waals surface area contributed by atoms with E-state index in [0.29, 0.717) is 18.7 Å². The Hall–Kier alpha value is -3.87. The number of anilines is 1. The first-order valence-corrected chi connectivity index (χ1v) is 12.1. The second kappa shape index (κ2) is 9.06. The zero-order valence-corrected chi connectivity index (χ0v) is 20.7. The summed E-state index contributed by atoms with van der Waals surface area (Å²) in [7, 11) is 0. The molecule has 7 nitrogen and oxygen atoms in total. The number of hydrogen-bond donors (Lipinski definition) is 0. The van der Waals surface area contributed by atoms with Gasteiger partial charge in [-0.15, -0.1) is 0 Å². The summed E-state index contributed by atoms with van der Waals surface area (Å²) in [6.45, 7) is 10.1. The van der Waals surface area contributed by atoms with E-state index in [0.717, 1.165) is 28.9 Å². The molecule has 0 aliphatic carbocycles. The van der Waals surface area contributed by atoms with Gasteiger partial charge in [-0.25, -0.2) is 4.68 Å². The highest BCUT2D eigenvalue weighted by atomic mass is 16.2. The smallest absolute Gasteiger partial charge is 0.252 e. The number of carbonyl (C=O) groups excluding carboxylic acids is 1. The number of amides is 1. The average molecular weight is 470 g/mol. The van der Waals surface area contributed by atoms with Crippen LogP contribution in [-0.4, -0.2) is 50.8 Å². The molecule has 5 rings (SSSR count). The van der Waals surface area contributed by atoms with Crippen LogP contribution in [0.2, 0.25) is 0 Å². The number of fused-ring (bicyclic) bond motifs is 1. The van der Waals surface area contributed by atoms with E-state index in [1.165, 1.54) is 11.3 Å². The summed E-state index contributed by atoms with van der Waals surface area (Å²) in [6.07, 6.45) is 0. The number of nitrogens with zero attached hydrogens (tertiary/aromatic N) is 5. The number of rotatable bonds is 4. The van der Waals surface area contributed by atoms with Crippen molar-refractivity contribution < 1.29 is 4.79 Å². The fourth-order valence-corrected chi connectivity index (χ4v) is 5.18. The van der Waals surface area contributed by atoms with Gasteiger partial charge in [0.25, 0.3) is 5.56 Å². The highest BCUT2D eigenvalue weighted by Gasteiger charge is 2.28. The van der Waals surface area contributed by atoms with Crippen LogP contribution < -0.4 is 10.5 Å². The Bertz CT molecular complexity index is 1450. The zero-order chi connectivity index (χ0) is 24.7. The van der Waals surface area contributed by atoms with Gasteiger partial charge in [0, 0.05) is 42.8 Å². The van der Waals surface area contributed by atoms with E-state index in [1.54, 1.807) is 15.3 Å². The van der Waals surface area contributed by atoms with Crippen molar-refractivity contribution in [1.82, 2.24) is 19.2 Å². The van der Waals surface area contributed by atoms with Crippen molar-refractivity contribution in [2.45, 2.75) is 40.3 Å². The molecule has 1 amide bonds. The highest BCUT2D eigenvalue weighted by molar-refractivity contribution is 5.85. The molecular formula is C28H31N5O2. The number of aromatic nitrogens is 3. The lowest BCUT2D eigenvalue weighted by atomic mass is 10.1. The third-order valence-corrected chi connectivity index (χ3v) is 6.90. The molecule has 180 valence electrons. The Kier molecular flexibility index (Phi) is 5.93. The Morgan fingerprint density at radius 2 is 1.71 bits per heavy atom. The van der Waals surface area contributed by atoms with Crippen molar-refractivity contribution >= 4 is 22.6 Å². The summed E-state index contributed by atoms with van der Waals surface area (Å²) in [6, 6.07) is 20.0. The monoisotopic (exact) mass is 469 g/mol. The van der Waals surface area contributed by atoms with E-state index in [1.807, 2.05) is 49.1 Å². The number of carbonyl (C=O) groups is 1. The molecule has 1 unspecified atom stereocenters. The molecule has 1 aliphatic rings. The molecular weight excluding hydrogens is 438 g/mol. The van der Waals surface area contributed by atoms with E-state index in [-0.39, 0.29) is 24.1 Å². The maximum atomic E-state index is 13.5. The molecule has 0 saturated carbocycles. The normalized spacial score (nSPS) is 16.2. The number of piperazine rings is 1. The molecule has 0 N–H and O–H groups in total. The second-order valence-corrected chi connectivity index (χ2v) is 9.50. The molecule has 0 radical (unpaired) electrons. The number of pyridine rings is 1. The van der Waals surface area contributed by atoms with Crippen LogP contribution in [0.15, 0.2) is 65.5 Å². The molecule has 1 atom stereocenters. The molecule has 0 bridgehead atoms. The predicted octanol–water partition coefficient (Wildman–Crippen LogP) is 3.85. The zero-order valence-electron chi connectivity index (χ0n) is 20.7. The predicted molar refractivity (Wildman–Crippen MR) is 139 cm³/mol. The Morgan fingerprint density at radius 3 is 2.43 bits per heavy atom. The van der Waals surface area contributed by atoms with Gasteiger partial charge >= 0.3 is 0 Å². The van der Waals surface area contributed by atoms with Gasteiger partial charge in [-0.1, -0.05) is 30.3 Å². The van der Waals surface area contributed by atoms with Gasteiger partial charge in [0.15, 0.2) is 0 Å². The quantitative estimate of drug-likeness (QED) is 0.456. The van der Waals surface area contributed by atoms with Gasteiger partial charge in [-0.05, 0) is 63.1 Å². The van der Waals surface area contributed by atoms with Crippen molar-refractivity contribution in [1.29, 1.82) is 0 Å². The van der Waals surface area contributed by atoms with Crippen LogP contribution in [0.5, 0.6) is 0 Å². The van der Waals surface area contributed by atoms with Gasteiger partial charge in [0.1, 0.15) is 12.2 Å². The van der Waals surface area contributed by atoms with Crippen molar-refractivity contribution in [2.75, 3.05) is 24.5 Å². The number of hydrogen-bond acceptors (Lipinski definition) is 4. The SMILES string of the molecule is Cc1cccc(N2CCN(C(=O)Cn3c(=O)cc(C)c4c(C)nn(-c5ccccc5)c43)CC2C)c1. The molecule has 7 heteroatoms. The third-order valence-electron chi connectivity index (χ3n) is 6.90. The largest absolute Gasteiger partial charge is 0.365 e. The first-order chi connectivity index (χ1) is 16.8. The summed E-state index contributed by atoms with van der Waals surface area (Å²) in [5, 5.41) is 5.65. The Morgan fingerprint density at radius 1 is 0.971 bits per heavy atom. The van der Waals surface area contributed by atoms with Crippen LogP contribution >= 0.6 is 0 Å². The lowest BCUT2D eigenvalue weighted by molar-refractivity contribution is -0.132. The van der Waals surface area contributed by atoms with Crippen molar-refractivity contribution in [2.24, 2.45) is 0 Å². The highest BCUT2D eigenvalue weighted by Crippen LogP contribution is 2.25. The lowest BCUT2D eigenvalue weighted by Gasteiger charge is -2.41. The Balaban J connectivity index is 1.45. The molecule has 2 aromatic carbocycles. The van der Waals surface area contributed by atoms with E-state index >= 15 is 0 Å². The molecule has 2 aromatic heterocycles. The van der Waals surface area contributed by atoms with Gasteiger partial charge in [-0.2, -0.15) is 5.10 Å². The van der Waals surface area contributed by atoms with E-state index in [4.69, 9.17) is 5.10 Å². The topological polar surface area (TPSA) is 63.4 Å². The maximum absolute atomic E-state index is 13.5. The van der Waals surface area contributed by atoms with Gasteiger partial charge in [-0.3, -0.25) is 14.2 Å². The molecule has 4 aromatic rings. The maximum Gasteiger partial charge on any atom is 0.252 e. The van der Waals surface area contributed by atoms with Crippen LogP contribution in [0.4, 0.5) is 5.69 Å².